The number of carboxylic acid groups (broad SMARTS) is 1. The Bertz CT molecular complexity index is 824. The lowest BCUT2D eigenvalue weighted by Crippen LogP contribution is -2.41. The van der Waals surface area contributed by atoms with E-state index in [1.54, 1.807) is 0 Å². The van der Waals surface area contributed by atoms with Crippen LogP contribution in [0.25, 0.3) is 10.9 Å². The molecule has 6 heteroatoms. The summed E-state index contributed by atoms with van der Waals surface area (Å²) < 4.78 is 7.55. The molecule has 1 unspecified atom stereocenters. The number of likely N-dealkylation sites (tertiary alicyclic amines) is 1. The zero-order valence-electron chi connectivity index (χ0n) is 14.9. The zero-order valence-corrected chi connectivity index (χ0v) is 14.9. The van der Waals surface area contributed by atoms with Crippen LogP contribution in [0.3, 0.4) is 0 Å². The van der Waals surface area contributed by atoms with Gasteiger partial charge in [-0.1, -0.05) is 0 Å². The largest absolute Gasteiger partial charge is 0.494 e. The summed E-state index contributed by atoms with van der Waals surface area (Å²) in [5.74, 6) is -0.352. The molecule has 0 bridgehead atoms. The third kappa shape index (κ3) is 2.86. The van der Waals surface area contributed by atoms with E-state index in [0.29, 0.717) is 31.8 Å². The third-order valence-corrected chi connectivity index (χ3v) is 4.92. The molecule has 134 valence electrons. The number of rotatable bonds is 5. The average Bonchev–Trinajstić information content (AvgIpc) is 3.18. The van der Waals surface area contributed by atoms with E-state index in [-0.39, 0.29) is 5.91 Å². The molecular weight excluding hydrogens is 320 g/mol. The number of aliphatic carboxylic acids is 1. The van der Waals surface area contributed by atoms with Gasteiger partial charge in [0.1, 0.15) is 17.5 Å². The number of carboxylic acids is 1. The molecule has 1 amide bonds. The predicted octanol–water partition coefficient (Wildman–Crippen LogP) is 3.06. The number of hydrogen-bond acceptors (Lipinski definition) is 3. The minimum atomic E-state index is -0.929. The summed E-state index contributed by atoms with van der Waals surface area (Å²) in [6, 6.07) is 5.10. The first-order valence-corrected chi connectivity index (χ1v) is 8.79. The van der Waals surface area contributed by atoms with Crippen LogP contribution in [-0.4, -0.2) is 45.6 Å². The van der Waals surface area contributed by atoms with Gasteiger partial charge in [-0.3, -0.25) is 4.79 Å². The number of benzene rings is 1. The average molecular weight is 344 g/mol. The summed E-state index contributed by atoms with van der Waals surface area (Å²) in [6.07, 6.45) is 1.24. The molecule has 1 aliphatic rings. The Morgan fingerprint density at radius 1 is 1.32 bits per heavy atom. The van der Waals surface area contributed by atoms with Gasteiger partial charge in [0.15, 0.2) is 0 Å². The molecule has 0 spiro atoms. The Hall–Kier alpha value is -2.50. The van der Waals surface area contributed by atoms with Gasteiger partial charge in [-0.25, -0.2) is 4.79 Å². The molecule has 1 saturated heterocycles. The number of fused-ring (bicyclic) bond motifs is 1. The number of carbonyl (C=O) groups excluding carboxylic acids is 1. The van der Waals surface area contributed by atoms with E-state index < -0.39 is 12.0 Å². The van der Waals surface area contributed by atoms with Crippen LogP contribution in [0.4, 0.5) is 0 Å². The molecule has 2 aromatic rings. The van der Waals surface area contributed by atoms with Gasteiger partial charge >= 0.3 is 5.97 Å². The minimum Gasteiger partial charge on any atom is -0.494 e. The van der Waals surface area contributed by atoms with Crippen molar-refractivity contribution >= 4 is 22.8 Å². The van der Waals surface area contributed by atoms with E-state index >= 15 is 0 Å². The van der Waals surface area contributed by atoms with Gasteiger partial charge in [0.25, 0.3) is 5.91 Å². The normalized spacial score (nSPS) is 17.2. The van der Waals surface area contributed by atoms with Crippen molar-refractivity contribution in [3.05, 3.63) is 29.5 Å². The van der Waals surface area contributed by atoms with E-state index in [1.807, 2.05) is 43.5 Å². The van der Waals surface area contributed by atoms with Crippen LogP contribution >= 0.6 is 0 Å². The van der Waals surface area contributed by atoms with Crippen LogP contribution in [0.2, 0.25) is 0 Å². The number of aromatic nitrogens is 1. The Labute approximate surface area is 147 Å². The maximum absolute atomic E-state index is 13.2. The van der Waals surface area contributed by atoms with Gasteiger partial charge in [-0.05, 0) is 57.4 Å². The Balaban J connectivity index is 2.10. The highest BCUT2D eigenvalue weighted by atomic mass is 16.5. The molecule has 6 nitrogen and oxygen atoms in total. The van der Waals surface area contributed by atoms with E-state index in [4.69, 9.17) is 4.74 Å². The van der Waals surface area contributed by atoms with Crippen molar-refractivity contribution in [2.45, 2.75) is 46.2 Å². The van der Waals surface area contributed by atoms with Gasteiger partial charge in [0.05, 0.1) is 6.61 Å². The maximum Gasteiger partial charge on any atom is 0.326 e. The highest BCUT2D eigenvalue weighted by Gasteiger charge is 2.36. The van der Waals surface area contributed by atoms with Crippen LogP contribution in [0, 0.1) is 6.92 Å². The lowest BCUT2D eigenvalue weighted by atomic mass is 10.1. The molecule has 1 fully saturated rings. The van der Waals surface area contributed by atoms with Gasteiger partial charge in [0.2, 0.25) is 0 Å². The lowest BCUT2D eigenvalue weighted by Gasteiger charge is -2.22. The molecule has 1 aromatic carbocycles. The molecule has 3 rings (SSSR count). The number of nitrogens with zero attached hydrogens (tertiary/aromatic N) is 2. The van der Waals surface area contributed by atoms with Crippen LogP contribution in [0.5, 0.6) is 5.75 Å². The molecule has 1 aromatic heterocycles. The SMILES string of the molecule is CCOc1ccc2c(c1)c(C)c(C(=O)N1CCCC1C(=O)O)n2CC. The van der Waals surface area contributed by atoms with Gasteiger partial charge in [0, 0.05) is 24.0 Å². The van der Waals surface area contributed by atoms with Gasteiger partial charge in [-0.2, -0.15) is 0 Å². The number of ether oxygens (including phenoxy) is 1. The fourth-order valence-corrected chi connectivity index (χ4v) is 3.76. The van der Waals surface area contributed by atoms with E-state index in [1.165, 1.54) is 4.90 Å². The summed E-state index contributed by atoms with van der Waals surface area (Å²) >= 11 is 0. The Morgan fingerprint density at radius 2 is 2.08 bits per heavy atom. The number of aryl methyl sites for hydroxylation is 2. The molecule has 1 atom stereocenters. The standard InChI is InChI=1S/C19H24N2O4/c1-4-20-15-9-8-13(25-5-2)11-14(15)12(3)17(20)18(22)21-10-6-7-16(21)19(23)24/h8-9,11,16H,4-7,10H2,1-3H3,(H,23,24). The summed E-state index contributed by atoms with van der Waals surface area (Å²) in [5, 5.41) is 10.4. The number of carbonyl (C=O) groups is 2. The fraction of sp³-hybridized carbons (Fsp3) is 0.474. The van der Waals surface area contributed by atoms with E-state index in [9.17, 15) is 14.7 Å². The topological polar surface area (TPSA) is 71.8 Å². The maximum atomic E-state index is 13.2. The van der Waals surface area contributed by atoms with Crippen molar-refractivity contribution in [3.8, 4) is 5.75 Å². The van der Waals surface area contributed by atoms with Gasteiger partial charge < -0.3 is 19.3 Å². The number of amides is 1. The zero-order chi connectivity index (χ0) is 18.1. The first kappa shape index (κ1) is 17.3. The van der Waals surface area contributed by atoms with Gasteiger partial charge in [-0.15, -0.1) is 0 Å². The van der Waals surface area contributed by atoms with Crippen molar-refractivity contribution in [3.63, 3.8) is 0 Å². The third-order valence-electron chi connectivity index (χ3n) is 4.92. The van der Waals surface area contributed by atoms with Crippen molar-refractivity contribution in [2.24, 2.45) is 0 Å². The second-order valence-electron chi connectivity index (χ2n) is 6.32. The minimum absolute atomic E-state index is 0.196. The summed E-state index contributed by atoms with van der Waals surface area (Å²) in [4.78, 5) is 26.1. The van der Waals surface area contributed by atoms with Crippen LogP contribution in [0.15, 0.2) is 18.2 Å². The molecule has 2 heterocycles. The van der Waals surface area contributed by atoms with E-state index in [0.717, 1.165) is 28.6 Å². The molecule has 1 aliphatic heterocycles. The molecular formula is C19H24N2O4. The Morgan fingerprint density at radius 3 is 2.72 bits per heavy atom. The quantitative estimate of drug-likeness (QED) is 0.905. The van der Waals surface area contributed by atoms with Crippen molar-refractivity contribution in [1.82, 2.24) is 9.47 Å². The summed E-state index contributed by atoms with van der Waals surface area (Å²) in [5.41, 5.74) is 2.43. The lowest BCUT2D eigenvalue weighted by molar-refractivity contribution is -0.141. The van der Waals surface area contributed by atoms with Crippen molar-refractivity contribution in [2.75, 3.05) is 13.2 Å². The predicted molar refractivity (Wildman–Crippen MR) is 95.2 cm³/mol. The second kappa shape index (κ2) is 6.78. The highest BCUT2D eigenvalue weighted by molar-refractivity contribution is 6.03. The van der Waals surface area contributed by atoms with Crippen LogP contribution < -0.4 is 4.74 Å². The second-order valence-corrected chi connectivity index (χ2v) is 6.32. The summed E-state index contributed by atoms with van der Waals surface area (Å²) in [7, 11) is 0. The monoisotopic (exact) mass is 344 g/mol. The molecule has 0 radical (unpaired) electrons. The van der Waals surface area contributed by atoms with Crippen LogP contribution in [-0.2, 0) is 11.3 Å². The van der Waals surface area contributed by atoms with Crippen molar-refractivity contribution < 1.29 is 19.4 Å². The Kier molecular flexibility index (Phi) is 4.70. The van der Waals surface area contributed by atoms with Crippen LogP contribution in [0.1, 0.15) is 42.7 Å². The first-order chi connectivity index (χ1) is 12.0. The van der Waals surface area contributed by atoms with E-state index in [2.05, 4.69) is 0 Å². The summed E-state index contributed by atoms with van der Waals surface area (Å²) in [6.45, 7) is 7.56. The van der Waals surface area contributed by atoms with Crippen molar-refractivity contribution in [1.29, 1.82) is 0 Å². The number of hydrogen-bond donors (Lipinski definition) is 1. The molecule has 0 saturated carbocycles. The highest BCUT2D eigenvalue weighted by Crippen LogP contribution is 2.31. The molecule has 1 N–H and O–H groups in total. The fourth-order valence-electron chi connectivity index (χ4n) is 3.76. The smallest absolute Gasteiger partial charge is 0.326 e. The first-order valence-electron chi connectivity index (χ1n) is 8.79. The molecule has 25 heavy (non-hydrogen) atoms. The molecule has 0 aliphatic carbocycles.